The fraction of sp³-hybridized carbons (Fsp3) is 0.333. The smallest absolute Gasteiger partial charge is 0.243 e. The maximum atomic E-state index is 12.0. The summed E-state index contributed by atoms with van der Waals surface area (Å²) in [5.74, 6) is -0.0490. The number of amides is 1. The van der Waals surface area contributed by atoms with Gasteiger partial charge in [-0.3, -0.25) is 14.7 Å². The molecule has 5 heteroatoms. The molecule has 4 rings (SSSR count). The lowest BCUT2D eigenvalue weighted by molar-refractivity contribution is -0.116. The number of hydrogen-bond donors (Lipinski definition) is 1. The van der Waals surface area contributed by atoms with E-state index in [4.69, 9.17) is 0 Å². The van der Waals surface area contributed by atoms with Crippen LogP contribution in [0.2, 0.25) is 0 Å². The Balaban J connectivity index is 1.17. The van der Waals surface area contributed by atoms with E-state index in [1.807, 2.05) is 19.1 Å². The van der Waals surface area contributed by atoms with Gasteiger partial charge in [0.15, 0.2) is 0 Å². The van der Waals surface area contributed by atoms with Crippen LogP contribution in [0.3, 0.4) is 0 Å². The number of aryl methyl sites for hydroxylation is 1. The molecule has 0 spiro atoms. The summed E-state index contributed by atoms with van der Waals surface area (Å²) in [5, 5.41) is 2.99. The number of carbonyl (C=O) groups excluding carboxylic acids is 1. The molecule has 1 aromatic heterocycles. The Kier molecular flexibility index (Phi) is 9.21. The lowest BCUT2D eigenvalue weighted by Gasteiger charge is -2.39. The molecule has 2 aromatic carbocycles. The van der Waals surface area contributed by atoms with E-state index in [1.54, 1.807) is 18.3 Å². The van der Waals surface area contributed by atoms with Crippen LogP contribution in [0.5, 0.6) is 0 Å². The number of nitrogens with one attached hydrogen (secondary N) is 1. The SMILES string of the molecule is Cc1ccc(/C=C\C(=O)NCCCCN2CCN(C(c3ccccc3)c3ccccc3)CC2)cn1. The lowest BCUT2D eigenvalue weighted by Crippen LogP contribution is -2.48. The summed E-state index contributed by atoms with van der Waals surface area (Å²) in [6, 6.07) is 25.9. The van der Waals surface area contributed by atoms with E-state index in [1.165, 1.54) is 11.1 Å². The highest BCUT2D eigenvalue weighted by molar-refractivity contribution is 5.91. The second-order valence-electron chi connectivity index (χ2n) is 9.17. The predicted molar refractivity (Wildman–Crippen MR) is 143 cm³/mol. The van der Waals surface area contributed by atoms with Gasteiger partial charge in [-0.2, -0.15) is 0 Å². The molecule has 3 aromatic rings. The summed E-state index contributed by atoms with van der Waals surface area (Å²) in [6.07, 6.45) is 7.25. The highest BCUT2D eigenvalue weighted by Crippen LogP contribution is 2.29. The van der Waals surface area contributed by atoms with Gasteiger partial charge in [0.25, 0.3) is 0 Å². The van der Waals surface area contributed by atoms with Crippen molar-refractivity contribution in [2.75, 3.05) is 39.3 Å². The first-order valence-electron chi connectivity index (χ1n) is 12.6. The van der Waals surface area contributed by atoms with Gasteiger partial charge in [0, 0.05) is 50.7 Å². The third kappa shape index (κ3) is 7.61. The van der Waals surface area contributed by atoms with Crippen molar-refractivity contribution in [1.82, 2.24) is 20.1 Å². The molecule has 0 saturated carbocycles. The van der Waals surface area contributed by atoms with Crippen LogP contribution in [0.25, 0.3) is 6.08 Å². The number of hydrogen-bond acceptors (Lipinski definition) is 4. The van der Waals surface area contributed by atoms with Crippen LogP contribution in [0.1, 0.15) is 41.3 Å². The zero-order valence-electron chi connectivity index (χ0n) is 20.6. The first-order valence-corrected chi connectivity index (χ1v) is 12.6. The second kappa shape index (κ2) is 13.0. The third-order valence-corrected chi connectivity index (χ3v) is 6.56. The molecule has 0 radical (unpaired) electrons. The van der Waals surface area contributed by atoms with Gasteiger partial charge in [-0.15, -0.1) is 0 Å². The van der Waals surface area contributed by atoms with E-state index in [9.17, 15) is 4.79 Å². The van der Waals surface area contributed by atoms with Crippen LogP contribution in [0.4, 0.5) is 0 Å². The van der Waals surface area contributed by atoms with Crippen molar-refractivity contribution in [2.24, 2.45) is 0 Å². The van der Waals surface area contributed by atoms with Gasteiger partial charge in [0.05, 0.1) is 6.04 Å². The minimum absolute atomic E-state index is 0.0490. The minimum Gasteiger partial charge on any atom is -0.353 e. The summed E-state index contributed by atoms with van der Waals surface area (Å²) in [5.41, 5.74) is 4.62. The van der Waals surface area contributed by atoms with Gasteiger partial charge in [-0.25, -0.2) is 0 Å². The summed E-state index contributed by atoms with van der Waals surface area (Å²) in [7, 11) is 0. The molecular weight excluding hydrogens is 432 g/mol. The molecule has 0 aliphatic carbocycles. The maximum Gasteiger partial charge on any atom is 0.243 e. The van der Waals surface area contributed by atoms with Crippen molar-refractivity contribution < 1.29 is 4.79 Å². The standard InChI is InChI=1S/C30H36N4O/c1-25-14-15-26(24-32-25)16-17-29(35)31-18-8-9-19-33-20-22-34(23-21-33)30(27-10-4-2-5-11-27)28-12-6-3-7-13-28/h2-7,10-17,24,30H,8-9,18-23H2,1H3,(H,31,35)/b17-16-. The van der Waals surface area contributed by atoms with E-state index in [-0.39, 0.29) is 5.91 Å². The molecule has 1 aliphatic heterocycles. The topological polar surface area (TPSA) is 48.5 Å². The highest BCUT2D eigenvalue weighted by atomic mass is 16.1. The number of pyridine rings is 1. The van der Waals surface area contributed by atoms with Crippen LogP contribution in [-0.4, -0.2) is 60.0 Å². The van der Waals surface area contributed by atoms with Gasteiger partial charge in [-0.05, 0) is 55.1 Å². The number of unbranched alkanes of at least 4 members (excludes halogenated alkanes) is 1. The number of rotatable bonds is 10. The third-order valence-electron chi connectivity index (χ3n) is 6.56. The zero-order valence-corrected chi connectivity index (χ0v) is 20.6. The van der Waals surface area contributed by atoms with Crippen molar-refractivity contribution in [3.8, 4) is 0 Å². The number of benzene rings is 2. The molecule has 1 N–H and O–H groups in total. The van der Waals surface area contributed by atoms with Crippen LogP contribution >= 0.6 is 0 Å². The number of carbonyl (C=O) groups is 1. The Bertz CT molecular complexity index is 1020. The van der Waals surface area contributed by atoms with Crippen molar-refractivity contribution in [3.05, 3.63) is 107 Å². The molecule has 0 bridgehead atoms. The molecule has 1 aliphatic rings. The summed E-state index contributed by atoms with van der Waals surface area (Å²) in [6.45, 7) is 8.01. The number of nitrogens with zero attached hydrogens (tertiary/aromatic N) is 3. The normalized spacial score (nSPS) is 15.0. The Labute approximate surface area is 209 Å². The first-order chi connectivity index (χ1) is 17.2. The largest absolute Gasteiger partial charge is 0.353 e. The second-order valence-corrected chi connectivity index (χ2v) is 9.17. The first kappa shape index (κ1) is 24.8. The number of piperazine rings is 1. The summed E-state index contributed by atoms with van der Waals surface area (Å²) in [4.78, 5) is 21.4. The number of aromatic nitrogens is 1. The fourth-order valence-electron chi connectivity index (χ4n) is 4.61. The highest BCUT2D eigenvalue weighted by Gasteiger charge is 2.26. The molecular formula is C30H36N4O. The van der Waals surface area contributed by atoms with E-state index in [2.05, 4.69) is 80.8 Å². The molecule has 0 atom stereocenters. The van der Waals surface area contributed by atoms with Crippen LogP contribution in [0, 0.1) is 6.92 Å². The molecule has 2 heterocycles. The van der Waals surface area contributed by atoms with Gasteiger partial charge in [-0.1, -0.05) is 66.7 Å². The van der Waals surface area contributed by atoms with E-state index in [0.29, 0.717) is 12.6 Å². The average Bonchev–Trinajstić information content (AvgIpc) is 2.90. The maximum absolute atomic E-state index is 12.0. The Morgan fingerprint density at radius 1 is 0.914 bits per heavy atom. The van der Waals surface area contributed by atoms with E-state index in [0.717, 1.165) is 56.8 Å². The quantitative estimate of drug-likeness (QED) is 0.346. The Morgan fingerprint density at radius 2 is 1.57 bits per heavy atom. The van der Waals surface area contributed by atoms with Gasteiger partial charge in [0.1, 0.15) is 0 Å². The van der Waals surface area contributed by atoms with Gasteiger partial charge >= 0.3 is 0 Å². The van der Waals surface area contributed by atoms with Crippen molar-refractivity contribution in [2.45, 2.75) is 25.8 Å². The van der Waals surface area contributed by atoms with Crippen molar-refractivity contribution in [1.29, 1.82) is 0 Å². The van der Waals surface area contributed by atoms with Gasteiger partial charge < -0.3 is 10.2 Å². The lowest BCUT2D eigenvalue weighted by atomic mass is 9.96. The summed E-state index contributed by atoms with van der Waals surface area (Å²) < 4.78 is 0. The zero-order chi connectivity index (χ0) is 24.3. The average molecular weight is 469 g/mol. The van der Waals surface area contributed by atoms with Crippen LogP contribution in [0.15, 0.2) is 85.1 Å². The van der Waals surface area contributed by atoms with Crippen molar-refractivity contribution >= 4 is 12.0 Å². The molecule has 1 saturated heterocycles. The Morgan fingerprint density at radius 3 is 2.17 bits per heavy atom. The monoisotopic (exact) mass is 468 g/mol. The van der Waals surface area contributed by atoms with E-state index >= 15 is 0 Å². The van der Waals surface area contributed by atoms with Crippen LogP contribution < -0.4 is 5.32 Å². The molecule has 0 unspecified atom stereocenters. The minimum atomic E-state index is -0.0490. The van der Waals surface area contributed by atoms with Gasteiger partial charge in [0.2, 0.25) is 5.91 Å². The molecule has 1 amide bonds. The summed E-state index contributed by atoms with van der Waals surface area (Å²) >= 11 is 0. The molecule has 5 nitrogen and oxygen atoms in total. The van der Waals surface area contributed by atoms with Crippen molar-refractivity contribution in [3.63, 3.8) is 0 Å². The predicted octanol–water partition coefficient (Wildman–Crippen LogP) is 4.71. The molecule has 1 fully saturated rings. The molecule has 182 valence electrons. The molecule has 35 heavy (non-hydrogen) atoms. The fourth-order valence-corrected chi connectivity index (χ4v) is 4.61. The Hall–Kier alpha value is -3.28. The van der Waals surface area contributed by atoms with E-state index < -0.39 is 0 Å². The van der Waals surface area contributed by atoms with Crippen LogP contribution in [-0.2, 0) is 4.79 Å².